The summed E-state index contributed by atoms with van der Waals surface area (Å²) >= 11 is 0. The second-order valence-corrected chi connectivity index (χ2v) is 5.10. The third-order valence-electron chi connectivity index (χ3n) is 3.31. The molecule has 0 N–H and O–H groups in total. The minimum atomic E-state index is -0.214. The van der Waals surface area contributed by atoms with Crippen molar-refractivity contribution in [1.82, 2.24) is 4.90 Å². The molecule has 2 rings (SSSR count). The van der Waals surface area contributed by atoms with E-state index < -0.39 is 0 Å². The van der Waals surface area contributed by atoms with E-state index in [1.165, 1.54) is 0 Å². The number of anilines is 1. The van der Waals surface area contributed by atoms with Gasteiger partial charge in [0.15, 0.2) is 0 Å². The third kappa shape index (κ3) is 3.56. The largest absolute Gasteiger partial charge is 0.497 e. The molecule has 1 saturated heterocycles. The van der Waals surface area contributed by atoms with Crippen LogP contribution in [0.25, 0.3) is 0 Å². The van der Waals surface area contributed by atoms with Gasteiger partial charge in [-0.15, -0.1) is 0 Å². The fraction of sp³-hybridized carbons (Fsp3) is 0.533. The second-order valence-electron chi connectivity index (χ2n) is 5.10. The van der Waals surface area contributed by atoms with Gasteiger partial charge < -0.3 is 19.3 Å². The van der Waals surface area contributed by atoms with E-state index in [0.29, 0.717) is 13.1 Å². The van der Waals surface area contributed by atoms with Gasteiger partial charge in [-0.1, -0.05) is 0 Å². The Bertz CT molecular complexity index is 437. The number of hydrogen-bond acceptors (Lipinski definition) is 4. The molecule has 20 heavy (non-hydrogen) atoms. The Balaban J connectivity index is 1.88. The topological polar surface area (TPSA) is 42.0 Å². The van der Waals surface area contributed by atoms with E-state index >= 15 is 0 Å². The SMILES string of the molecule is COc1ccc(N2CCN(C(=O)OC(C)C)CC2)cc1. The first-order chi connectivity index (χ1) is 9.60. The van der Waals surface area contributed by atoms with Gasteiger partial charge in [0.05, 0.1) is 13.2 Å². The highest BCUT2D eigenvalue weighted by molar-refractivity contribution is 5.68. The lowest BCUT2D eigenvalue weighted by molar-refractivity contribution is 0.0751. The number of amides is 1. The van der Waals surface area contributed by atoms with E-state index in [4.69, 9.17) is 9.47 Å². The Morgan fingerprint density at radius 3 is 2.20 bits per heavy atom. The molecule has 0 radical (unpaired) electrons. The molecule has 0 unspecified atom stereocenters. The van der Waals surface area contributed by atoms with Crippen LogP contribution in [0.3, 0.4) is 0 Å². The molecule has 1 aliphatic heterocycles. The van der Waals surface area contributed by atoms with E-state index in [-0.39, 0.29) is 12.2 Å². The maximum atomic E-state index is 11.8. The molecule has 5 nitrogen and oxygen atoms in total. The number of carbonyl (C=O) groups is 1. The average molecular weight is 278 g/mol. The number of carbonyl (C=O) groups excluding carboxylic acids is 1. The lowest BCUT2D eigenvalue weighted by Gasteiger charge is -2.35. The summed E-state index contributed by atoms with van der Waals surface area (Å²) in [5, 5.41) is 0. The van der Waals surface area contributed by atoms with Crippen LogP contribution in [0, 0.1) is 0 Å². The fourth-order valence-corrected chi connectivity index (χ4v) is 2.22. The molecule has 110 valence electrons. The van der Waals surface area contributed by atoms with Crippen LogP contribution in [0.5, 0.6) is 5.75 Å². The van der Waals surface area contributed by atoms with Crippen molar-refractivity contribution in [3.05, 3.63) is 24.3 Å². The molecule has 1 fully saturated rings. The summed E-state index contributed by atoms with van der Waals surface area (Å²) in [4.78, 5) is 15.8. The zero-order valence-corrected chi connectivity index (χ0v) is 12.3. The molecule has 1 aliphatic rings. The van der Waals surface area contributed by atoms with Crippen LogP contribution in [0.4, 0.5) is 10.5 Å². The number of nitrogens with zero attached hydrogens (tertiary/aromatic N) is 2. The van der Waals surface area contributed by atoms with Gasteiger partial charge in [0.2, 0.25) is 0 Å². The number of hydrogen-bond donors (Lipinski definition) is 0. The molecule has 1 heterocycles. The molecule has 1 aromatic carbocycles. The Hall–Kier alpha value is -1.91. The van der Waals surface area contributed by atoms with Gasteiger partial charge >= 0.3 is 6.09 Å². The number of rotatable bonds is 3. The zero-order valence-electron chi connectivity index (χ0n) is 12.3. The molecule has 0 aliphatic carbocycles. The Morgan fingerprint density at radius 1 is 1.10 bits per heavy atom. The molecule has 1 aromatic rings. The van der Waals surface area contributed by atoms with Gasteiger partial charge in [-0.05, 0) is 38.1 Å². The summed E-state index contributed by atoms with van der Waals surface area (Å²) in [5.41, 5.74) is 1.16. The molecule has 0 saturated carbocycles. The highest BCUT2D eigenvalue weighted by atomic mass is 16.6. The molecular formula is C15H22N2O3. The lowest BCUT2D eigenvalue weighted by atomic mass is 10.2. The highest BCUT2D eigenvalue weighted by Gasteiger charge is 2.22. The summed E-state index contributed by atoms with van der Waals surface area (Å²) < 4.78 is 10.4. The van der Waals surface area contributed by atoms with Crippen LogP contribution < -0.4 is 9.64 Å². The number of benzene rings is 1. The summed E-state index contributed by atoms with van der Waals surface area (Å²) in [7, 11) is 1.66. The van der Waals surface area contributed by atoms with E-state index in [0.717, 1.165) is 24.5 Å². The molecule has 0 bridgehead atoms. The lowest BCUT2D eigenvalue weighted by Crippen LogP contribution is -2.49. The first-order valence-corrected chi connectivity index (χ1v) is 6.94. The Kier molecular flexibility index (Phi) is 4.71. The standard InChI is InChI=1S/C15H22N2O3/c1-12(2)20-15(18)17-10-8-16(9-11-17)13-4-6-14(19-3)7-5-13/h4-7,12H,8-11H2,1-3H3. The summed E-state index contributed by atoms with van der Waals surface area (Å²) in [6.07, 6.45) is -0.281. The van der Waals surface area contributed by atoms with Crippen LogP contribution >= 0.6 is 0 Å². The predicted molar refractivity (Wildman–Crippen MR) is 78.4 cm³/mol. The molecule has 0 atom stereocenters. The van der Waals surface area contributed by atoms with Crippen molar-refractivity contribution in [2.45, 2.75) is 20.0 Å². The normalized spacial score (nSPS) is 15.4. The first kappa shape index (κ1) is 14.5. The minimum Gasteiger partial charge on any atom is -0.497 e. The maximum Gasteiger partial charge on any atom is 0.410 e. The molecule has 0 aromatic heterocycles. The summed E-state index contributed by atoms with van der Waals surface area (Å²) in [6, 6.07) is 7.99. The number of ether oxygens (including phenoxy) is 2. The van der Waals surface area contributed by atoms with Gasteiger partial charge in [0.25, 0.3) is 0 Å². The Morgan fingerprint density at radius 2 is 1.70 bits per heavy atom. The van der Waals surface area contributed by atoms with E-state index in [2.05, 4.69) is 4.90 Å². The van der Waals surface area contributed by atoms with Crippen LogP contribution in [-0.4, -0.2) is 50.4 Å². The summed E-state index contributed by atoms with van der Waals surface area (Å²) in [5.74, 6) is 0.855. The van der Waals surface area contributed by atoms with Crippen molar-refractivity contribution in [1.29, 1.82) is 0 Å². The molecular weight excluding hydrogens is 256 g/mol. The van der Waals surface area contributed by atoms with Gasteiger partial charge in [-0.2, -0.15) is 0 Å². The fourth-order valence-electron chi connectivity index (χ4n) is 2.22. The second kappa shape index (κ2) is 6.50. The highest BCUT2D eigenvalue weighted by Crippen LogP contribution is 2.20. The van der Waals surface area contributed by atoms with Crippen molar-refractivity contribution in [3.8, 4) is 5.75 Å². The first-order valence-electron chi connectivity index (χ1n) is 6.94. The van der Waals surface area contributed by atoms with Crippen LogP contribution in [0.2, 0.25) is 0 Å². The third-order valence-corrected chi connectivity index (χ3v) is 3.31. The monoisotopic (exact) mass is 278 g/mol. The Labute approximate surface area is 120 Å². The molecule has 0 spiro atoms. The smallest absolute Gasteiger partial charge is 0.410 e. The number of piperazine rings is 1. The summed E-state index contributed by atoms with van der Waals surface area (Å²) in [6.45, 7) is 6.76. The number of methoxy groups -OCH3 is 1. The van der Waals surface area contributed by atoms with Crippen LogP contribution in [0.1, 0.15) is 13.8 Å². The predicted octanol–water partition coefficient (Wildman–Crippen LogP) is 2.36. The van der Waals surface area contributed by atoms with Gasteiger partial charge in [-0.3, -0.25) is 0 Å². The minimum absolute atomic E-state index is 0.0675. The van der Waals surface area contributed by atoms with Crippen molar-refractivity contribution < 1.29 is 14.3 Å². The van der Waals surface area contributed by atoms with Crippen LogP contribution in [-0.2, 0) is 4.74 Å². The van der Waals surface area contributed by atoms with E-state index in [1.54, 1.807) is 12.0 Å². The molecule has 5 heteroatoms. The van der Waals surface area contributed by atoms with Gasteiger partial charge in [-0.25, -0.2) is 4.79 Å². The van der Waals surface area contributed by atoms with Crippen molar-refractivity contribution >= 4 is 11.8 Å². The zero-order chi connectivity index (χ0) is 14.5. The van der Waals surface area contributed by atoms with Gasteiger partial charge in [0, 0.05) is 31.9 Å². The van der Waals surface area contributed by atoms with E-state index in [9.17, 15) is 4.79 Å². The average Bonchev–Trinajstić information content (AvgIpc) is 2.47. The van der Waals surface area contributed by atoms with Crippen LogP contribution in [0.15, 0.2) is 24.3 Å². The van der Waals surface area contributed by atoms with E-state index in [1.807, 2.05) is 38.1 Å². The van der Waals surface area contributed by atoms with Gasteiger partial charge in [0.1, 0.15) is 5.75 Å². The van der Waals surface area contributed by atoms with Crippen molar-refractivity contribution in [2.24, 2.45) is 0 Å². The quantitative estimate of drug-likeness (QED) is 0.851. The van der Waals surface area contributed by atoms with Crippen molar-refractivity contribution in [3.63, 3.8) is 0 Å². The van der Waals surface area contributed by atoms with Crippen molar-refractivity contribution in [2.75, 3.05) is 38.2 Å². The maximum absolute atomic E-state index is 11.8. The molecule has 1 amide bonds.